The molecule has 0 radical (unpaired) electrons. The number of benzene rings is 1. The lowest BCUT2D eigenvalue weighted by Gasteiger charge is -2.16. The average molecular weight is 349 g/mol. The first-order valence-corrected chi connectivity index (χ1v) is 8.75. The first kappa shape index (κ1) is 16.3. The van der Waals surface area contributed by atoms with Gasteiger partial charge in [-0.25, -0.2) is 4.68 Å². The molecule has 1 N–H and O–H groups in total. The summed E-state index contributed by atoms with van der Waals surface area (Å²) in [7, 11) is 0. The van der Waals surface area contributed by atoms with Crippen LogP contribution in [0.5, 0.6) is 0 Å². The second kappa shape index (κ2) is 6.64. The molecule has 1 aliphatic heterocycles. The summed E-state index contributed by atoms with van der Waals surface area (Å²) >= 11 is 0. The van der Waals surface area contributed by atoms with Gasteiger partial charge in [0.15, 0.2) is 0 Å². The normalized spacial score (nSPS) is 20.7. The molecule has 0 bridgehead atoms. The summed E-state index contributed by atoms with van der Waals surface area (Å²) in [5, 5.41) is 16.5. The largest absolute Gasteiger partial charge is 0.339 e. The molecule has 1 saturated heterocycles. The highest BCUT2D eigenvalue weighted by molar-refractivity contribution is 5.89. The zero-order valence-corrected chi connectivity index (χ0v) is 14.2. The van der Waals surface area contributed by atoms with Gasteiger partial charge in [-0.2, -0.15) is 10.4 Å². The molecule has 2 fully saturated rings. The Morgan fingerprint density at radius 2 is 2.08 bits per heavy atom. The lowest BCUT2D eigenvalue weighted by molar-refractivity contribution is -0.129. The van der Waals surface area contributed by atoms with E-state index in [1.807, 2.05) is 30.3 Å². The average Bonchev–Trinajstić information content (AvgIpc) is 3.25. The van der Waals surface area contributed by atoms with Crippen LogP contribution in [0, 0.1) is 17.2 Å². The molecule has 2 aromatic rings. The Hall–Kier alpha value is -3.14. The number of amides is 2. The molecule has 1 saturated carbocycles. The number of nitriles is 1. The van der Waals surface area contributed by atoms with Crippen molar-refractivity contribution in [2.45, 2.75) is 31.3 Å². The van der Waals surface area contributed by atoms with Crippen molar-refractivity contribution < 1.29 is 9.59 Å². The monoisotopic (exact) mass is 349 g/mol. The van der Waals surface area contributed by atoms with Crippen LogP contribution in [0.3, 0.4) is 0 Å². The molecule has 2 heterocycles. The Kier molecular flexibility index (Phi) is 4.17. The number of carbonyl (C=O) groups excluding carboxylic acids is 2. The third kappa shape index (κ3) is 3.18. The highest BCUT2D eigenvalue weighted by Crippen LogP contribution is 2.32. The fraction of sp³-hybridized carbons (Fsp3) is 0.368. The number of nitrogens with one attached hydrogen (secondary N) is 1. The molecule has 132 valence electrons. The molecular weight excluding hydrogens is 330 g/mol. The Labute approximate surface area is 151 Å². The Morgan fingerprint density at radius 3 is 2.77 bits per heavy atom. The van der Waals surface area contributed by atoms with Gasteiger partial charge in [0.1, 0.15) is 6.04 Å². The van der Waals surface area contributed by atoms with E-state index in [0.717, 1.165) is 18.5 Å². The van der Waals surface area contributed by atoms with Gasteiger partial charge in [0.25, 0.3) is 0 Å². The van der Waals surface area contributed by atoms with Gasteiger partial charge in [-0.15, -0.1) is 0 Å². The molecule has 0 spiro atoms. The number of para-hydroxylation sites is 1. The standard InChI is InChI=1S/C19H19N5O2/c20-9-17(14-10-21-24(12-14)16-4-2-1-3-5-16)22-19(26)13-8-18(25)23(11-13)15-6-7-15/h1-5,10,12-13,15,17H,6-8,11H2,(H,22,26)/t13-,17-/m0/s1. The smallest absolute Gasteiger partial charge is 0.226 e. The fourth-order valence-corrected chi connectivity index (χ4v) is 3.30. The molecular formula is C19H19N5O2. The van der Waals surface area contributed by atoms with Crippen LogP contribution in [0.1, 0.15) is 30.9 Å². The molecule has 2 aliphatic rings. The zero-order valence-electron chi connectivity index (χ0n) is 14.2. The Morgan fingerprint density at radius 1 is 1.31 bits per heavy atom. The van der Waals surface area contributed by atoms with Crippen LogP contribution >= 0.6 is 0 Å². The summed E-state index contributed by atoms with van der Waals surface area (Å²) in [4.78, 5) is 26.4. The zero-order chi connectivity index (χ0) is 18.1. The van der Waals surface area contributed by atoms with Gasteiger partial charge in [0, 0.05) is 30.8 Å². The van der Waals surface area contributed by atoms with Crippen molar-refractivity contribution in [3.05, 3.63) is 48.3 Å². The number of hydrogen-bond donors (Lipinski definition) is 1. The summed E-state index contributed by atoms with van der Waals surface area (Å²) in [5.74, 6) is -0.596. The van der Waals surface area contributed by atoms with E-state index in [4.69, 9.17) is 0 Å². The Bertz CT molecular complexity index is 866. The second-order valence-corrected chi connectivity index (χ2v) is 6.80. The third-order valence-corrected chi connectivity index (χ3v) is 4.89. The first-order chi connectivity index (χ1) is 12.7. The van der Waals surface area contributed by atoms with Crippen LogP contribution in [0.4, 0.5) is 0 Å². The van der Waals surface area contributed by atoms with Gasteiger partial charge in [0.2, 0.25) is 11.8 Å². The summed E-state index contributed by atoms with van der Waals surface area (Å²) in [6.45, 7) is 0.455. The van der Waals surface area contributed by atoms with Crippen LogP contribution in [-0.2, 0) is 9.59 Å². The van der Waals surface area contributed by atoms with Gasteiger partial charge in [-0.3, -0.25) is 9.59 Å². The van der Waals surface area contributed by atoms with Gasteiger partial charge in [-0.05, 0) is 25.0 Å². The molecule has 0 unspecified atom stereocenters. The predicted octanol–water partition coefficient (Wildman–Crippen LogP) is 1.56. The van der Waals surface area contributed by atoms with Gasteiger partial charge < -0.3 is 10.2 Å². The molecule has 1 aliphatic carbocycles. The predicted molar refractivity (Wildman–Crippen MR) is 92.9 cm³/mol. The number of hydrogen-bond acceptors (Lipinski definition) is 4. The Balaban J connectivity index is 1.43. The molecule has 4 rings (SSSR count). The van der Waals surface area contributed by atoms with Crippen molar-refractivity contribution >= 4 is 11.8 Å². The second-order valence-electron chi connectivity index (χ2n) is 6.80. The van der Waals surface area contributed by atoms with Gasteiger partial charge in [0.05, 0.1) is 23.9 Å². The maximum Gasteiger partial charge on any atom is 0.226 e. The lowest BCUT2D eigenvalue weighted by atomic mass is 10.1. The van der Waals surface area contributed by atoms with Crippen LogP contribution in [0.2, 0.25) is 0 Å². The minimum atomic E-state index is -0.787. The number of aromatic nitrogens is 2. The van der Waals surface area contributed by atoms with Crippen molar-refractivity contribution in [2.24, 2.45) is 5.92 Å². The molecule has 2 amide bonds. The fourth-order valence-electron chi connectivity index (χ4n) is 3.30. The van der Waals surface area contributed by atoms with Crippen LogP contribution < -0.4 is 5.32 Å². The van der Waals surface area contributed by atoms with Crippen molar-refractivity contribution in [1.82, 2.24) is 20.0 Å². The quantitative estimate of drug-likeness (QED) is 0.887. The van der Waals surface area contributed by atoms with E-state index < -0.39 is 6.04 Å². The number of nitrogens with zero attached hydrogens (tertiary/aromatic N) is 4. The third-order valence-electron chi connectivity index (χ3n) is 4.89. The summed E-state index contributed by atoms with van der Waals surface area (Å²) in [5.41, 5.74) is 1.50. The minimum absolute atomic E-state index is 0.0399. The summed E-state index contributed by atoms with van der Waals surface area (Å²) < 4.78 is 1.67. The topological polar surface area (TPSA) is 91.0 Å². The maximum atomic E-state index is 12.5. The van der Waals surface area contributed by atoms with Gasteiger partial charge >= 0.3 is 0 Å². The van der Waals surface area contributed by atoms with Crippen LogP contribution in [-0.4, -0.2) is 39.1 Å². The summed E-state index contributed by atoms with van der Waals surface area (Å²) in [6.07, 6.45) is 5.60. The minimum Gasteiger partial charge on any atom is -0.339 e. The summed E-state index contributed by atoms with van der Waals surface area (Å²) in [6, 6.07) is 11.2. The molecule has 7 heteroatoms. The van der Waals surface area contributed by atoms with Crippen molar-refractivity contribution in [3.8, 4) is 11.8 Å². The molecule has 2 atom stereocenters. The number of rotatable bonds is 5. The number of likely N-dealkylation sites (tertiary alicyclic amines) is 1. The van der Waals surface area contributed by atoms with Crippen LogP contribution in [0.15, 0.2) is 42.7 Å². The van der Waals surface area contributed by atoms with Crippen LogP contribution in [0.25, 0.3) is 5.69 Å². The molecule has 26 heavy (non-hydrogen) atoms. The first-order valence-electron chi connectivity index (χ1n) is 8.75. The maximum absolute atomic E-state index is 12.5. The lowest BCUT2D eigenvalue weighted by Crippen LogP contribution is -2.35. The molecule has 7 nitrogen and oxygen atoms in total. The molecule has 1 aromatic carbocycles. The van der Waals surface area contributed by atoms with Crippen molar-refractivity contribution in [1.29, 1.82) is 5.26 Å². The number of carbonyl (C=O) groups is 2. The highest BCUT2D eigenvalue weighted by atomic mass is 16.2. The van der Waals surface area contributed by atoms with Crippen molar-refractivity contribution in [2.75, 3.05) is 6.54 Å². The molecule has 1 aromatic heterocycles. The van der Waals surface area contributed by atoms with E-state index in [2.05, 4.69) is 16.5 Å². The van der Waals surface area contributed by atoms with E-state index in [1.165, 1.54) is 0 Å². The van der Waals surface area contributed by atoms with E-state index in [0.29, 0.717) is 18.2 Å². The van der Waals surface area contributed by atoms with Crippen molar-refractivity contribution in [3.63, 3.8) is 0 Å². The van der Waals surface area contributed by atoms with E-state index >= 15 is 0 Å². The van der Waals surface area contributed by atoms with E-state index in [-0.39, 0.29) is 24.2 Å². The highest BCUT2D eigenvalue weighted by Gasteiger charge is 2.42. The van der Waals surface area contributed by atoms with Gasteiger partial charge in [-0.1, -0.05) is 18.2 Å². The van der Waals surface area contributed by atoms with E-state index in [1.54, 1.807) is 22.0 Å². The SMILES string of the molecule is N#C[C@H](NC(=O)[C@H]1CC(=O)N(C2CC2)C1)c1cnn(-c2ccccc2)c1. The van der Waals surface area contributed by atoms with E-state index in [9.17, 15) is 14.9 Å².